The molecule has 0 radical (unpaired) electrons. The lowest BCUT2D eigenvalue weighted by atomic mass is 9.98. The summed E-state index contributed by atoms with van der Waals surface area (Å²) >= 11 is 12.7. The van der Waals surface area contributed by atoms with E-state index in [2.05, 4.69) is 0 Å². The molecule has 0 spiro atoms. The summed E-state index contributed by atoms with van der Waals surface area (Å²) in [6.45, 7) is 1.38. The zero-order chi connectivity index (χ0) is 21.0. The molecule has 3 rings (SSSR count). The number of halogens is 3. The number of ketones is 1. The van der Waals surface area contributed by atoms with E-state index in [1.165, 1.54) is 13.0 Å². The van der Waals surface area contributed by atoms with E-state index in [1.54, 1.807) is 42.5 Å². The number of hydrogen-bond donors (Lipinski definition) is 1. The van der Waals surface area contributed by atoms with E-state index in [1.807, 2.05) is 6.07 Å². The summed E-state index contributed by atoms with van der Waals surface area (Å²) in [4.78, 5) is 11.1. The standard InChI is InChI=1S/C23H19Cl2FO3/c1-14(27)13-29-18-11-20(24)19(21(25)12-18)9-15-6-7-23(28)17(8-15)10-16-4-2-3-5-22(16)26/h2-8,11-12,28H,9-10,13H2,1H3. The molecule has 3 aromatic rings. The van der Waals surface area contributed by atoms with E-state index >= 15 is 0 Å². The zero-order valence-corrected chi connectivity index (χ0v) is 17.2. The first-order chi connectivity index (χ1) is 13.8. The van der Waals surface area contributed by atoms with Crippen LogP contribution in [0.15, 0.2) is 54.6 Å². The lowest BCUT2D eigenvalue weighted by Crippen LogP contribution is -2.06. The van der Waals surface area contributed by atoms with Crippen LogP contribution in [0.4, 0.5) is 4.39 Å². The van der Waals surface area contributed by atoms with Crippen molar-refractivity contribution in [1.29, 1.82) is 0 Å². The van der Waals surface area contributed by atoms with Crippen molar-refractivity contribution in [2.24, 2.45) is 0 Å². The summed E-state index contributed by atoms with van der Waals surface area (Å²) in [6.07, 6.45) is 0.695. The van der Waals surface area contributed by atoms with Gasteiger partial charge >= 0.3 is 0 Å². The molecule has 0 bridgehead atoms. The Morgan fingerprint density at radius 3 is 2.34 bits per heavy atom. The third kappa shape index (κ3) is 5.49. The van der Waals surface area contributed by atoms with E-state index in [4.69, 9.17) is 27.9 Å². The maximum Gasteiger partial charge on any atom is 0.167 e. The van der Waals surface area contributed by atoms with Gasteiger partial charge in [0.05, 0.1) is 0 Å². The molecule has 29 heavy (non-hydrogen) atoms. The molecule has 0 amide bonds. The molecule has 0 aliphatic carbocycles. The smallest absolute Gasteiger partial charge is 0.167 e. The van der Waals surface area contributed by atoms with Gasteiger partial charge in [-0.2, -0.15) is 0 Å². The van der Waals surface area contributed by atoms with E-state index < -0.39 is 0 Å². The van der Waals surface area contributed by atoms with Crippen LogP contribution in [0.25, 0.3) is 0 Å². The van der Waals surface area contributed by atoms with Crippen LogP contribution in [0, 0.1) is 5.82 Å². The van der Waals surface area contributed by atoms with Crippen LogP contribution >= 0.6 is 23.2 Å². The Morgan fingerprint density at radius 2 is 1.69 bits per heavy atom. The van der Waals surface area contributed by atoms with Crippen molar-refractivity contribution in [2.75, 3.05) is 6.61 Å². The van der Waals surface area contributed by atoms with Gasteiger partial charge in [-0.25, -0.2) is 4.39 Å². The molecular formula is C23H19Cl2FO3. The van der Waals surface area contributed by atoms with Crippen LogP contribution in [-0.4, -0.2) is 17.5 Å². The van der Waals surface area contributed by atoms with Gasteiger partial charge < -0.3 is 9.84 Å². The van der Waals surface area contributed by atoms with Crippen molar-refractivity contribution in [3.05, 3.63) is 92.7 Å². The highest BCUT2D eigenvalue weighted by Gasteiger charge is 2.13. The molecule has 0 aliphatic rings. The van der Waals surface area contributed by atoms with Crippen molar-refractivity contribution in [3.8, 4) is 11.5 Å². The van der Waals surface area contributed by atoms with Crippen molar-refractivity contribution in [3.63, 3.8) is 0 Å². The van der Waals surface area contributed by atoms with Gasteiger partial charge in [0.2, 0.25) is 0 Å². The lowest BCUT2D eigenvalue weighted by Gasteiger charge is -2.13. The summed E-state index contributed by atoms with van der Waals surface area (Å²) in [6, 6.07) is 14.9. The molecule has 3 aromatic carbocycles. The third-order valence-electron chi connectivity index (χ3n) is 4.42. The molecule has 0 saturated heterocycles. The third-order valence-corrected chi connectivity index (χ3v) is 5.09. The quantitative estimate of drug-likeness (QED) is 0.498. The number of hydrogen-bond acceptors (Lipinski definition) is 3. The average Bonchev–Trinajstić information content (AvgIpc) is 2.67. The molecule has 0 fully saturated rings. The molecule has 0 heterocycles. The lowest BCUT2D eigenvalue weighted by molar-refractivity contribution is -0.118. The first kappa shape index (κ1) is 21.2. The van der Waals surface area contributed by atoms with E-state index in [0.29, 0.717) is 38.9 Å². The fourth-order valence-corrected chi connectivity index (χ4v) is 3.56. The minimum Gasteiger partial charge on any atom is -0.508 e. The molecule has 6 heteroatoms. The van der Waals surface area contributed by atoms with Gasteiger partial charge in [-0.15, -0.1) is 0 Å². The van der Waals surface area contributed by atoms with E-state index in [9.17, 15) is 14.3 Å². The Morgan fingerprint density at radius 1 is 1.00 bits per heavy atom. The minimum atomic E-state index is -0.315. The predicted molar refractivity (Wildman–Crippen MR) is 113 cm³/mol. The molecule has 1 N–H and O–H groups in total. The van der Waals surface area contributed by atoms with Gasteiger partial charge in [0, 0.05) is 22.9 Å². The summed E-state index contributed by atoms with van der Waals surface area (Å²) in [7, 11) is 0. The van der Waals surface area contributed by atoms with Crippen LogP contribution in [0.1, 0.15) is 29.2 Å². The van der Waals surface area contributed by atoms with Crippen molar-refractivity contribution >= 4 is 29.0 Å². The number of ether oxygens (including phenoxy) is 1. The van der Waals surface area contributed by atoms with Gasteiger partial charge in [0.15, 0.2) is 5.78 Å². The monoisotopic (exact) mass is 432 g/mol. The molecule has 3 nitrogen and oxygen atoms in total. The fraction of sp³-hybridized carbons (Fsp3) is 0.174. The zero-order valence-electron chi connectivity index (χ0n) is 15.7. The summed E-state index contributed by atoms with van der Waals surface area (Å²) in [5.74, 6) is 0.101. The SMILES string of the molecule is CC(=O)COc1cc(Cl)c(Cc2ccc(O)c(Cc3ccccc3F)c2)c(Cl)c1. The summed E-state index contributed by atoms with van der Waals surface area (Å²) in [5, 5.41) is 11.0. The molecule has 0 aliphatic heterocycles. The summed E-state index contributed by atoms with van der Waals surface area (Å²) < 4.78 is 19.3. The largest absolute Gasteiger partial charge is 0.508 e. The highest BCUT2D eigenvalue weighted by Crippen LogP contribution is 2.33. The molecule has 0 aromatic heterocycles. The van der Waals surface area contributed by atoms with E-state index in [-0.39, 0.29) is 30.4 Å². The Balaban J connectivity index is 1.83. The Labute approximate surface area is 178 Å². The maximum absolute atomic E-state index is 14.0. The van der Waals surface area contributed by atoms with E-state index in [0.717, 1.165) is 5.56 Å². The van der Waals surface area contributed by atoms with Crippen molar-refractivity contribution in [1.82, 2.24) is 0 Å². The Hall–Kier alpha value is -2.56. The number of rotatable bonds is 7. The van der Waals surface area contributed by atoms with Crippen molar-refractivity contribution < 1.29 is 19.0 Å². The normalized spacial score (nSPS) is 10.8. The van der Waals surface area contributed by atoms with Crippen LogP contribution in [0.2, 0.25) is 10.0 Å². The number of phenols is 1. The number of benzene rings is 3. The highest BCUT2D eigenvalue weighted by atomic mass is 35.5. The Bertz CT molecular complexity index is 1030. The highest BCUT2D eigenvalue weighted by molar-refractivity contribution is 6.36. The van der Waals surface area contributed by atoms with Gasteiger partial charge in [-0.3, -0.25) is 4.79 Å². The van der Waals surface area contributed by atoms with Gasteiger partial charge in [-0.05, 0) is 53.4 Å². The van der Waals surface area contributed by atoms with Crippen LogP contribution in [0.3, 0.4) is 0 Å². The minimum absolute atomic E-state index is 0.0522. The molecule has 150 valence electrons. The second-order valence-electron chi connectivity index (χ2n) is 6.76. The average molecular weight is 433 g/mol. The van der Waals surface area contributed by atoms with Gasteiger partial charge in [-0.1, -0.05) is 53.5 Å². The first-order valence-corrected chi connectivity index (χ1v) is 9.73. The maximum atomic E-state index is 14.0. The van der Waals surface area contributed by atoms with Crippen LogP contribution < -0.4 is 4.74 Å². The number of aromatic hydroxyl groups is 1. The fourth-order valence-electron chi connectivity index (χ4n) is 2.96. The predicted octanol–water partition coefficient (Wildman–Crippen LogP) is 5.99. The number of carbonyl (C=O) groups is 1. The van der Waals surface area contributed by atoms with Crippen molar-refractivity contribution in [2.45, 2.75) is 19.8 Å². The van der Waals surface area contributed by atoms with Gasteiger partial charge in [0.25, 0.3) is 0 Å². The molecule has 0 unspecified atom stereocenters. The molecule has 0 saturated carbocycles. The van der Waals surface area contributed by atoms with Crippen LogP contribution in [0.5, 0.6) is 11.5 Å². The second-order valence-corrected chi connectivity index (χ2v) is 7.58. The second kappa shape index (κ2) is 9.29. The number of carbonyl (C=O) groups excluding carboxylic acids is 1. The number of Topliss-reactive ketones (excluding diaryl/α,β-unsaturated/α-hetero) is 1. The topological polar surface area (TPSA) is 46.5 Å². The molecule has 0 atom stereocenters. The van der Waals surface area contributed by atoms with Crippen LogP contribution in [-0.2, 0) is 17.6 Å². The van der Waals surface area contributed by atoms with Gasteiger partial charge in [0.1, 0.15) is 23.9 Å². The number of phenolic OH excluding ortho intramolecular Hbond substituents is 1. The first-order valence-electron chi connectivity index (χ1n) is 8.98. The summed E-state index contributed by atoms with van der Waals surface area (Å²) in [5.41, 5.74) is 2.69. The molecular weight excluding hydrogens is 414 g/mol. The Kier molecular flexibility index (Phi) is 6.78.